The summed E-state index contributed by atoms with van der Waals surface area (Å²) < 4.78 is 37.9. The van der Waals surface area contributed by atoms with Crippen LogP contribution in [0.3, 0.4) is 0 Å². The van der Waals surface area contributed by atoms with Gasteiger partial charge in [0.25, 0.3) is 0 Å². The van der Waals surface area contributed by atoms with Gasteiger partial charge in [0.2, 0.25) is 0 Å². The Morgan fingerprint density at radius 1 is 1.21 bits per heavy atom. The van der Waals surface area contributed by atoms with Gasteiger partial charge in [-0.05, 0) is 18.1 Å². The lowest BCUT2D eigenvalue weighted by Crippen LogP contribution is -2.25. The molecule has 0 radical (unpaired) electrons. The van der Waals surface area contributed by atoms with E-state index in [1.165, 1.54) is 0 Å². The van der Waals surface area contributed by atoms with Gasteiger partial charge in [-0.15, -0.1) is 0 Å². The van der Waals surface area contributed by atoms with Crippen LogP contribution in [-0.2, 0) is 6.18 Å². The summed E-state index contributed by atoms with van der Waals surface area (Å²) in [5.74, 6) is 0.254. The number of aliphatic imine (C=N–C) groups is 1. The molecule has 0 saturated heterocycles. The molecule has 0 unspecified atom stereocenters. The van der Waals surface area contributed by atoms with Gasteiger partial charge < -0.3 is 0 Å². The number of hydrogen-bond acceptors (Lipinski definition) is 2. The topological polar surface area (TPSA) is 25.2 Å². The van der Waals surface area contributed by atoms with Crippen molar-refractivity contribution in [1.82, 2.24) is 4.98 Å². The summed E-state index contributed by atoms with van der Waals surface area (Å²) in [6.45, 7) is 9.90. The zero-order valence-electron chi connectivity index (χ0n) is 11.8. The van der Waals surface area contributed by atoms with E-state index in [2.05, 4.69) is 9.98 Å². The first-order chi connectivity index (χ1) is 8.51. The first-order valence-electron chi connectivity index (χ1n) is 6.14. The second-order valence-corrected chi connectivity index (χ2v) is 5.80. The summed E-state index contributed by atoms with van der Waals surface area (Å²) in [6, 6.07) is 1.93. The van der Waals surface area contributed by atoms with Crippen molar-refractivity contribution in [3.8, 4) is 0 Å². The molecule has 1 rings (SSSR count). The van der Waals surface area contributed by atoms with Crippen molar-refractivity contribution >= 4 is 11.5 Å². The van der Waals surface area contributed by atoms with E-state index in [0.29, 0.717) is 0 Å². The maximum Gasteiger partial charge on any atom is 0.416 e. The summed E-state index contributed by atoms with van der Waals surface area (Å²) in [7, 11) is 0. The standard InChI is InChI=1S/C14H19F3N2/c1-9(2)12(13(3,4)5)19-11-8-10(6-7-18-11)14(15,16)17/h6-9H,1-5H3/b19-12+. The summed E-state index contributed by atoms with van der Waals surface area (Å²) >= 11 is 0. The van der Waals surface area contributed by atoms with E-state index in [0.717, 1.165) is 24.0 Å². The minimum absolute atomic E-state index is 0.105. The van der Waals surface area contributed by atoms with Crippen molar-refractivity contribution < 1.29 is 13.2 Å². The summed E-state index contributed by atoms with van der Waals surface area (Å²) in [4.78, 5) is 8.21. The largest absolute Gasteiger partial charge is 0.416 e. The average Bonchev–Trinajstić information content (AvgIpc) is 2.23. The molecule has 0 aliphatic heterocycles. The molecule has 0 fully saturated rings. The van der Waals surface area contributed by atoms with Crippen LogP contribution in [-0.4, -0.2) is 10.7 Å². The monoisotopic (exact) mass is 272 g/mol. The number of pyridine rings is 1. The van der Waals surface area contributed by atoms with E-state index in [9.17, 15) is 13.2 Å². The van der Waals surface area contributed by atoms with Gasteiger partial charge in [0.1, 0.15) is 0 Å². The molecule has 0 aliphatic rings. The van der Waals surface area contributed by atoms with Crippen LogP contribution in [0.2, 0.25) is 0 Å². The van der Waals surface area contributed by atoms with E-state index in [4.69, 9.17) is 0 Å². The second kappa shape index (κ2) is 5.31. The molecule has 0 bridgehead atoms. The molecule has 0 atom stereocenters. The molecular formula is C14H19F3N2. The lowest BCUT2D eigenvalue weighted by atomic mass is 9.83. The molecule has 0 aliphatic carbocycles. The highest BCUT2D eigenvalue weighted by Crippen LogP contribution is 2.31. The van der Waals surface area contributed by atoms with Gasteiger partial charge >= 0.3 is 6.18 Å². The van der Waals surface area contributed by atoms with Gasteiger partial charge in [0.05, 0.1) is 5.56 Å². The number of rotatable bonds is 2. The highest BCUT2D eigenvalue weighted by molar-refractivity contribution is 5.92. The van der Waals surface area contributed by atoms with Gasteiger partial charge in [-0.25, -0.2) is 9.98 Å². The molecule has 0 N–H and O–H groups in total. The average molecular weight is 272 g/mol. The van der Waals surface area contributed by atoms with Crippen LogP contribution in [0.1, 0.15) is 40.2 Å². The number of aromatic nitrogens is 1. The van der Waals surface area contributed by atoms with Crippen LogP contribution < -0.4 is 0 Å². The fraction of sp³-hybridized carbons (Fsp3) is 0.571. The fourth-order valence-electron chi connectivity index (χ4n) is 1.94. The van der Waals surface area contributed by atoms with Crippen molar-refractivity contribution in [3.63, 3.8) is 0 Å². The number of alkyl halides is 3. The lowest BCUT2D eigenvalue weighted by Gasteiger charge is -2.24. The zero-order chi connectivity index (χ0) is 14.8. The molecule has 2 nitrogen and oxygen atoms in total. The van der Waals surface area contributed by atoms with Gasteiger partial charge in [0.15, 0.2) is 5.82 Å². The van der Waals surface area contributed by atoms with Crippen LogP contribution in [0.5, 0.6) is 0 Å². The van der Waals surface area contributed by atoms with Crippen LogP contribution in [0, 0.1) is 11.3 Å². The first kappa shape index (κ1) is 15.7. The molecular weight excluding hydrogens is 253 g/mol. The van der Waals surface area contributed by atoms with E-state index < -0.39 is 11.7 Å². The first-order valence-corrected chi connectivity index (χ1v) is 6.14. The molecule has 0 saturated carbocycles. The molecule has 0 spiro atoms. The number of halogens is 3. The number of nitrogens with zero attached hydrogens (tertiary/aromatic N) is 2. The normalized spacial score (nSPS) is 14.1. The Balaban J connectivity index is 3.23. The summed E-state index contributed by atoms with van der Waals surface area (Å²) in [5, 5.41) is 0. The Labute approximate surface area is 111 Å². The Bertz CT molecular complexity index is 468. The molecule has 1 heterocycles. The van der Waals surface area contributed by atoms with Crippen molar-refractivity contribution in [3.05, 3.63) is 23.9 Å². The van der Waals surface area contributed by atoms with Crippen LogP contribution in [0.25, 0.3) is 0 Å². The predicted octanol–water partition coefficient (Wildman–Crippen LogP) is 4.88. The van der Waals surface area contributed by atoms with Crippen molar-refractivity contribution in [2.24, 2.45) is 16.3 Å². The third kappa shape index (κ3) is 4.33. The van der Waals surface area contributed by atoms with Gasteiger partial charge in [-0.3, -0.25) is 0 Å². The van der Waals surface area contributed by atoms with Crippen molar-refractivity contribution in [2.75, 3.05) is 0 Å². The minimum atomic E-state index is -4.37. The Morgan fingerprint density at radius 2 is 1.79 bits per heavy atom. The zero-order valence-corrected chi connectivity index (χ0v) is 11.8. The second-order valence-electron chi connectivity index (χ2n) is 5.80. The Kier molecular flexibility index (Phi) is 4.38. The molecule has 1 aromatic heterocycles. The van der Waals surface area contributed by atoms with E-state index in [1.807, 2.05) is 34.6 Å². The van der Waals surface area contributed by atoms with E-state index >= 15 is 0 Å². The lowest BCUT2D eigenvalue weighted by molar-refractivity contribution is -0.137. The van der Waals surface area contributed by atoms with E-state index in [-0.39, 0.29) is 17.2 Å². The maximum absolute atomic E-state index is 12.6. The third-order valence-electron chi connectivity index (χ3n) is 2.62. The summed E-state index contributed by atoms with van der Waals surface area (Å²) in [5.41, 5.74) is -0.0954. The SMILES string of the molecule is CC(C)/C(=N\c1cc(C(F)(F)F)ccn1)C(C)(C)C. The van der Waals surface area contributed by atoms with Crippen LogP contribution in [0.15, 0.2) is 23.3 Å². The Morgan fingerprint density at radius 3 is 2.21 bits per heavy atom. The maximum atomic E-state index is 12.6. The van der Waals surface area contributed by atoms with Crippen molar-refractivity contribution in [1.29, 1.82) is 0 Å². The van der Waals surface area contributed by atoms with Gasteiger partial charge in [-0.2, -0.15) is 13.2 Å². The van der Waals surface area contributed by atoms with Crippen LogP contribution >= 0.6 is 0 Å². The number of hydrogen-bond donors (Lipinski definition) is 0. The fourth-order valence-corrected chi connectivity index (χ4v) is 1.94. The quantitative estimate of drug-likeness (QED) is 0.705. The highest BCUT2D eigenvalue weighted by atomic mass is 19.4. The molecule has 19 heavy (non-hydrogen) atoms. The van der Waals surface area contributed by atoms with Gasteiger partial charge in [-0.1, -0.05) is 34.6 Å². The van der Waals surface area contributed by atoms with Gasteiger partial charge in [0, 0.05) is 17.3 Å². The molecule has 0 amide bonds. The smallest absolute Gasteiger partial charge is 0.237 e. The molecule has 1 aromatic rings. The van der Waals surface area contributed by atoms with E-state index in [1.54, 1.807) is 0 Å². The Hall–Kier alpha value is -1.39. The van der Waals surface area contributed by atoms with Crippen molar-refractivity contribution in [2.45, 2.75) is 40.8 Å². The summed E-state index contributed by atoms with van der Waals surface area (Å²) in [6.07, 6.45) is -3.23. The molecule has 106 valence electrons. The predicted molar refractivity (Wildman–Crippen MR) is 70.6 cm³/mol. The molecule has 0 aromatic carbocycles. The highest BCUT2D eigenvalue weighted by Gasteiger charge is 2.31. The third-order valence-corrected chi connectivity index (χ3v) is 2.62. The molecule has 5 heteroatoms. The van der Waals surface area contributed by atoms with Crippen LogP contribution in [0.4, 0.5) is 19.0 Å². The minimum Gasteiger partial charge on any atom is -0.237 e.